The molecule has 3 aromatic heterocycles. The molecule has 2 aliphatic rings. The van der Waals surface area contributed by atoms with Crippen LogP contribution in [0.3, 0.4) is 0 Å². The predicted molar refractivity (Wildman–Crippen MR) is 305 cm³/mol. The van der Waals surface area contributed by atoms with E-state index in [-0.39, 0.29) is 19.5 Å². The molecule has 8 nitrogen and oxygen atoms in total. The van der Waals surface area contributed by atoms with E-state index in [9.17, 15) is 19.8 Å². The van der Waals surface area contributed by atoms with Crippen molar-refractivity contribution in [1.82, 2.24) is 19.9 Å². The fourth-order valence-corrected chi connectivity index (χ4v) is 9.86. The molecule has 0 aliphatic carbocycles. The summed E-state index contributed by atoms with van der Waals surface area (Å²) >= 11 is 0. The Hall–Kier alpha value is -7.48. The SMILES string of the molecule is CCCCc1ccc(-c2c3nc(c(-c4ccc(CCCC)cc4)c4cc(/C=C/C=C(C(=O)O)C(=O)O)c([n-]4)c(-c4ccc(CCCC)cc4)c4nc(c(-c5ccc(CCCC)cc5)c5ccc2[n-]5)C=C4)C=C3)cc1.[Zn+2]. The number of aryl methyl sites for hydroxylation is 4. The summed E-state index contributed by atoms with van der Waals surface area (Å²) in [5.41, 5.74) is 17.9. The third-order valence-electron chi connectivity index (χ3n) is 14.0. The van der Waals surface area contributed by atoms with Crippen LogP contribution >= 0.6 is 0 Å². The summed E-state index contributed by atoms with van der Waals surface area (Å²) in [4.78, 5) is 46.3. The standard InChI is InChI=1S/C66H66N4O4.Zn/c1-5-9-14-43-20-28-47(29-21-43)60-53-36-37-54(67-53)61(48-30-22-44(23-31-48)15-10-6-2)56-40-41-58(69-56)63(50-34-26-46(27-35-50)17-12-8-4)64-51(18-13-19-52(65(71)72)66(73)74)42-59(70-64)62(57-39-38-55(60)68-57)49-32-24-45(25-33-49)16-11-7-3;/h13,18-42H,5-12,14-17H2,1-4H3,(H4,67,68,69,70,71,72,73,74);/q;+2/p-2/b18-13+,60-53?,60-55?,61-54?,61-56?,62-57?,62-59?,63-58?,64-63?;. The van der Waals surface area contributed by atoms with Crippen LogP contribution in [0.25, 0.3) is 97.0 Å². The number of benzene rings is 4. The minimum atomic E-state index is -1.53. The van der Waals surface area contributed by atoms with Crippen molar-refractivity contribution in [2.24, 2.45) is 0 Å². The molecule has 8 bridgehead atoms. The number of carboxylic acid groups (broad SMARTS) is 2. The molecule has 0 unspecified atom stereocenters. The van der Waals surface area contributed by atoms with E-state index in [1.54, 1.807) is 6.08 Å². The van der Waals surface area contributed by atoms with Gasteiger partial charge in [-0.05, 0) is 154 Å². The molecule has 0 spiro atoms. The fourth-order valence-electron chi connectivity index (χ4n) is 9.86. The van der Waals surface area contributed by atoms with Crippen LogP contribution in [0.4, 0.5) is 0 Å². The number of carbonyl (C=O) groups is 2. The number of rotatable bonds is 20. The molecule has 0 radical (unpaired) electrons. The van der Waals surface area contributed by atoms with Crippen LogP contribution in [0.1, 0.15) is 130 Å². The fraction of sp³-hybridized carbons (Fsp3) is 0.242. The molecule has 0 amide bonds. The van der Waals surface area contributed by atoms with Gasteiger partial charge in [0.15, 0.2) is 0 Å². The van der Waals surface area contributed by atoms with E-state index in [4.69, 9.17) is 19.9 Å². The molecule has 7 aromatic rings. The van der Waals surface area contributed by atoms with Crippen molar-refractivity contribution in [2.45, 2.75) is 105 Å². The van der Waals surface area contributed by atoms with Gasteiger partial charge in [-0.2, -0.15) is 0 Å². The number of hydrogen-bond acceptors (Lipinski definition) is 4. The van der Waals surface area contributed by atoms with Gasteiger partial charge in [0, 0.05) is 0 Å². The van der Waals surface area contributed by atoms with Gasteiger partial charge in [0.05, 0.1) is 22.8 Å². The van der Waals surface area contributed by atoms with Crippen LogP contribution in [0.15, 0.2) is 133 Å². The first-order valence-electron chi connectivity index (χ1n) is 26.5. The Morgan fingerprint density at radius 2 is 0.787 bits per heavy atom. The smallest absolute Gasteiger partial charge is 0.657 e. The molecule has 0 saturated carbocycles. The average molecular weight is 1040 g/mol. The summed E-state index contributed by atoms with van der Waals surface area (Å²) in [7, 11) is 0. The topological polar surface area (TPSA) is 129 Å². The molecule has 374 valence electrons. The first-order chi connectivity index (χ1) is 36.2. The van der Waals surface area contributed by atoms with E-state index < -0.39 is 17.5 Å². The normalized spacial score (nSPS) is 11.8. The molecule has 2 N–H and O–H groups in total. The van der Waals surface area contributed by atoms with Crippen LogP contribution in [0.5, 0.6) is 0 Å². The van der Waals surface area contributed by atoms with Crippen molar-refractivity contribution in [3.8, 4) is 44.5 Å². The number of aromatic nitrogens is 4. The molecule has 5 heterocycles. The van der Waals surface area contributed by atoms with Gasteiger partial charge in [0.2, 0.25) is 0 Å². The van der Waals surface area contributed by atoms with Crippen molar-refractivity contribution in [1.29, 1.82) is 0 Å². The van der Waals surface area contributed by atoms with Gasteiger partial charge >= 0.3 is 31.4 Å². The van der Waals surface area contributed by atoms with Crippen LogP contribution in [-0.4, -0.2) is 32.1 Å². The van der Waals surface area contributed by atoms with Gasteiger partial charge in [0.25, 0.3) is 0 Å². The third-order valence-corrected chi connectivity index (χ3v) is 14.0. The van der Waals surface area contributed by atoms with Gasteiger partial charge in [0.1, 0.15) is 5.57 Å². The van der Waals surface area contributed by atoms with E-state index in [2.05, 4.69) is 155 Å². The number of nitrogens with zero attached hydrogens (tertiary/aromatic N) is 4. The maximum Gasteiger partial charge on any atom is 2.00 e. The van der Waals surface area contributed by atoms with Gasteiger partial charge in [-0.1, -0.05) is 181 Å². The zero-order valence-electron chi connectivity index (χ0n) is 43.7. The summed E-state index contributed by atoms with van der Waals surface area (Å²) < 4.78 is 0. The maximum absolute atomic E-state index is 12.1. The van der Waals surface area contributed by atoms with Crippen molar-refractivity contribution < 1.29 is 39.3 Å². The molecule has 2 aliphatic heterocycles. The van der Waals surface area contributed by atoms with E-state index in [0.717, 1.165) is 156 Å². The van der Waals surface area contributed by atoms with Crippen molar-refractivity contribution in [3.63, 3.8) is 0 Å². The van der Waals surface area contributed by atoms with E-state index in [0.29, 0.717) is 22.3 Å². The molecule has 0 saturated heterocycles. The number of unbranched alkanes of at least 4 members (excludes halogenated alkanes) is 4. The third kappa shape index (κ3) is 12.4. The summed E-state index contributed by atoms with van der Waals surface area (Å²) in [5.74, 6) is -3.06. The Bertz CT molecular complexity index is 3450. The van der Waals surface area contributed by atoms with Crippen molar-refractivity contribution in [2.75, 3.05) is 0 Å². The Morgan fingerprint density at radius 3 is 1.13 bits per heavy atom. The van der Waals surface area contributed by atoms with Crippen molar-refractivity contribution >= 4 is 64.4 Å². The Morgan fingerprint density at radius 1 is 0.453 bits per heavy atom. The van der Waals surface area contributed by atoms with Gasteiger partial charge in [-0.15, -0.1) is 22.1 Å². The van der Waals surface area contributed by atoms with Crippen LogP contribution in [0.2, 0.25) is 0 Å². The summed E-state index contributed by atoms with van der Waals surface area (Å²) in [6.45, 7) is 8.83. The van der Waals surface area contributed by atoms with E-state index in [1.165, 1.54) is 28.3 Å². The number of aliphatic carboxylic acids is 2. The molecule has 0 atom stereocenters. The number of carboxylic acids is 2. The van der Waals surface area contributed by atoms with Crippen molar-refractivity contribution in [3.05, 3.63) is 184 Å². The average Bonchev–Trinajstić information content (AvgIpc) is 4.27. The van der Waals surface area contributed by atoms with Gasteiger partial charge in [-0.25, -0.2) is 19.6 Å². The monoisotopic (exact) mass is 1040 g/mol. The van der Waals surface area contributed by atoms with Crippen LogP contribution in [-0.2, 0) is 54.8 Å². The van der Waals surface area contributed by atoms with E-state index in [1.807, 2.05) is 12.1 Å². The number of hydrogen-bond donors (Lipinski definition) is 2. The second-order valence-corrected chi connectivity index (χ2v) is 19.3. The molecule has 9 rings (SSSR count). The minimum Gasteiger partial charge on any atom is -0.657 e. The minimum absolute atomic E-state index is 0. The van der Waals surface area contributed by atoms with Crippen LogP contribution in [0, 0.1) is 0 Å². The molecule has 0 fully saturated rings. The number of fused-ring (bicyclic) bond motifs is 8. The molecule has 75 heavy (non-hydrogen) atoms. The Balaban J connectivity index is 0.00000747. The Kier molecular flexibility index (Phi) is 18.1. The second-order valence-electron chi connectivity index (χ2n) is 19.3. The number of allylic oxidation sites excluding steroid dienone is 2. The molecular formula is C66H64N4O4Zn. The molecule has 9 heteroatoms. The van der Waals surface area contributed by atoms with E-state index >= 15 is 0 Å². The maximum atomic E-state index is 12.1. The Labute approximate surface area is 453 Å². The summed E-state index contributed by atoms with van der Waals surface area (Å²) in [6.07, 6.45) is 25.3. The predicted octanol–water partition coefficient (Wildman–Crippen LogP) is 16.1. The van der Waals surface area contributed by atoms with Crippen LogP contribution < -0.4 is 9.97 Å². The molecular weight excluding hydrogens is 978 g/mol. The molecule has 4 aromatic carbocycles. The van der Waals surface area contributed by atoms with Gasteiger partial charge < -0.3 is 20.2 Å². The summed E-state index contributed by atoms with van der Waals surface area (Å²) in [5, 5.41) is 19.6. The second kappa shape index (κ2) is 25.2. The zero-order valence-corrected chi connectivity index (χ0v) is 46.7. The quantitative estimate of drug-likeness (QED) is 0.0254. The summed E-state index contributed by atoms with van der Waals surface area (Å²) in [6, 6.07) is 41.1. The first kappa shape index (κ1) is 53.8. The first-order valence-corrected chi connectivity index (χ1v) is 26.5. The van der Waals surface area contributed by atoms with Gasteiger partial charge in [-0.3, -0.25) is 0 Å². The largest absolute Gasteiger partial charge is 2.00 e. The zero-order chi connectivity index (χ0) is 51.6.